The van der Waals surface area contributed by atoms with E-state index in [-0.39, 0.29) is 17.4 Å². The van der Waals surface area contributed by atoms with E-state index < -0.39 is 0 Å². The average Bonchev–Trinajstić information content (AvgIpc) is 3.27. The molecule has 0 spiro atoms. The van der Waals surface area contributed by atoms with Gasteiger partial charge in [0.1, 0.15) is 0 Å². The Morgan fingerprint density at radius 1 is 0.969 bits per heavy atom. The predicted octanol–water partition coefficient (Wildman–Crippen LogP) is 6.25. The number of aryl methyl sites for hydroxylation is 1. The van der Waals surface area contributed by atoms with Crippen LogP contribution in [0.25, 0.3) is 0 Å². The van der Waals surface area contributed by atoms with Crippen LogP contribution in [-0.4, -0.2) is 29.9 Å². The van der Waals surface area contributed by atoms with E-state index in [2.05, 4.69) is 74.3 Å². The zero-order valence-electron chi connectivity index (χ0n) is 20.3. The highest BCUT2D eigenvalue weighted by atomic mass is 16.2. The van der Waals surface area contributed by atoms with E-state index in [4.69, 9.17) is 0 Å². The normalized spacial score (nSPS) is 25.7. The summed E-state index contributed by atoms with van der Waals surface area (Å²) in [6.45, 7) is 11.0. The Morgan fingerprint density at radius 3 is 2.25 bits per heavy atom. The largest absolute Gasteiger partial charge is 0.349 e. The van der Waals surface area contributed by atoms with E-state index in [0.29, 0.717) is 17.9 Å². The number of carbonyl (C=O) groups is 1. The van der Waals surface area contributed by atoms with Gasteiger partial charge in [0, 0.05) is 6.04 Å². The van der Waals surface area contributed by atoms with Crippen molar-refractivity contribution in [3.63, 3.8) is 0 Å². The van der Waals surface area contributed by atoms with Crippen molar-refractivity contribution in [2.45, 2.75) is 77.8 Å². The van der Waals surface area contributed by atoms with Gasteiger partial charge in [0.25, 0.3) is 0 Å². The molecule has 172 valence electrons. The highest BCUT2D eigenvalue weighted by molar-refractivity contribution is 5.83. The van der Waals surface area contributed by atoms with E-state index in [1.807, 2.05) is 18.2 Å². The van der Waals surface area contributed by atoms with E-state index in [1.165, 1.54) is 29.5 Å². The van der Waals surface area contributed by atoms with E-state index in [1.54, 1.807) is 0 Å². The zero-order valence-corrected chi connectivity index (χ0v) is 20.3. The van der Waals surface area contributed by atoms with Crippen molar-refractivity contribution in [3.05, 3.63) is 71.3 Å². The van der Waals surface area contributed by atoms with Gasteiger partial charge in [-0.25, -0.2) is 0 Å². The number of benzene rings is 2. The Labute approximate surface area is 194 Å². The molecule has 1 saturated heterocycles. The minimum absolute atomic E-state index is 0.0450. The van der Waals surface area contributed by atoms with Crippen molar-refractivity contribution in [2.75, 3.05) is 13.1 Å². The number of likely N-dealkylation sites (tertiary alicyclic amines) is 1. The third-order valence-electron chi connectivity index (χ3n) is 8.32. The molecule has 4 rings (SSSR count). The fraction of sp³-hybridized carbons (Fsp3) is 0.552. The van der Waals surface area contributed by atoms with Crippen LogP contribution >= 0.6 is 0 Å². The second-order valence-electron chi connectivity index (χ2n) is 10.5. The molecule has 1 aliphatic carbocycles. The van der Waals surface area contributed by atoms with Crippen molar-refractivity contribution in [1.82, 2.24) is 10.2 Å². The van der Waals surface area contributed by atoms with Gasteiger partial charge in [-0.3, -0.25) is 4.79 Å². The van der Waals surface area contributed by atoms with Gasteiger partial charge < -0.3 is 10.2 Å². The monoisotopic (exact) mass is 432 g/mol. The van der Waals surface area contributed by atoms with Gasteiger partial charge >= 0.3 is 0 Å². The fourth-order valence-corrected chi connectivity index (χ4v) is 5.96. The molecule has 0 radical (unpaired) electrons. The topological polar surface area (TPSA) is 32.3 Å². The second-order valence-corrected chi connectivity index (χ2v) is 10.5. The maximum atomic E-state index is 13.6. The van der Waals surface area contributed by atoms with E-state index in [0.717, 1.165) is 32.4 Å². The molecule has 1 aliphatic heterocycles. The van der Waals surface area contributed by atoms with Crippen molar-refractivity contribution in [3.8, 4) is 0 Å². The van der Waals surface area contributed by atoms with Gasteiger partial charge in [-0.2, -0.15) is 0 Å². The molecule has 2 aliphatic rings. The molecule has 1 saturated carbocycles. The van der Waals surface area contributed by atoms with Crippen molar-refractivity contribution in [1.29, 1.82) is 0 Å². The van der Waals surface area contributed by atoms with Crippen LogP contribution in [0.4, 0.5) is 0 Å². The molecule has 1 N–H and O–H groups in total. The van der Waals surface area contributed by atoms with Crippen LogP contribution in [-0.2, 0) is 4.79 Å². The van der Waals surface area contributed by atoms with Gasteiger partial charge in [-0.15, -0.1) is 0 Å². The standard InChI is InChI=1S/C29H40N2O/c1-21(2)29(28(32)30-23(4)24-8-6-5-7-9-24)17-14-27(20-29)31-18-15-26(16-19-31)25-12-10-22(3)11-13-25/h5-13,21,23,26-27H,14-20H2,1-4H3,(H,30,32)/t23-,27?,29?/m0/s1. The first-order chi connectivity index (χ1) is 15.4. The van der Waals surface area contributed by atoms with Gasteiger partial charge in [-0.05, 0) is 82.0 Å². The van der Waals surface area contributed by atoms with Crippen molar-refractivity contribution >= 4 is 5.91 Å². The molecule has 2 unspecified atom stereocenters. The van der Waals surface area contributed by atoms with Gasteiger partial charge in [0.2, 0.25) is 5.91 Å². The van der Waals surface area contributed by atoms with Gasteiger partial charge in [-0.1, -0.05) is 74.0 Å². The number of hydrogen-bond donors (Lipinski definition) is 1. The molecule has 3 atom stereocenters. The molecule has 0 aromatic heterocycles. The number of nitrogens with one attached hydrogen (secondary N) is 1. The summed E-state index contributed by atoms with van der Waals surface area (Å²) in [5.41, 5.74) is 3.75. The molecule has 3 nitrogen and oxygen atoms in total. The summed E-state index contributed by atoms with van der Waals surface area (Å²) in [7, 11) is 0. The van der Waals surface area contributed by atoms with Crippen LogP contribution < -0.4 is 5.32 Å². The number of piperidine rings is 1. The van der Waals surface area contributed by atoms with Crippen LogP contribution in [0.5, 0.6) is 0 Å². The molecular formula is C29H40N2O. The minimum Gasteiger partial charge on any atom is -0.349 e. The van der Waals surface area contributed by atoms with Crippen molar-refractivity contribution in [2.24, 2.45) is 11.3 Å². The molecule has 32 heavy (non-hydrogen) atoms. The number of nitrogens with zero attached hydrogens (tertiary/aromatic N) is 1. The van der Waals surface area contributed by atoms with Crippen LogP contribution in [0.15, 0.2) is 54.6 Å². The first kappa shape index (κ1) is 23.0. The average molecular weight is 433 g/mol. The Kier molecular flexibility index (Phi) is 7.05. The number of rotatable bonds is 6. The van der Waals surface area contributed by atoms with E-state index in [9.17, 15) is 4.79 Å². The van der Waals surface area contributed by atoms with Gasteiger partial charge in [0.15, 0.2) is 0 Å². The summed E-state index contributed by atoms with van der Waals surface area (Å²) in [5.74, 6) is 1.28. The molecule has 2 fully saturated rings. The molecule has 0 bridgehead atoms. The van der Waals surface area contributed by atoms with Crippen LogP contribution in [0.1, 0.15) is 81.5 Å². The third-order valence-corrected chi connectivity index (χ3v) is 8.32. The second kappa shape index (κ2) is 9.79. The lowest BCUT2D eigenvalue weighted by atomic mass is 9.74. The summed E-state index contributed by atoms with van der Waals surface area (Å²) in [5, 5.41) is 3.36. The van der Waals surface area contributed by atoms with Crippen LogP contribution in [0.3, 0.4) is 0 Å². The van der Waals surface area contributed by atoms with Crippen LogP contribution in [0, 0.1) is 18.3 Å². The lowest BCUT2D eigenvalue weighted by Gasteiger charge is -2.38. The summed E-state index contributed by atoms with van der Waals surface area (Å²) in [4.78, 5) is 16.2. The lowest BCUT2D eigenvalue weighted by Crippen LogP contribution is -2.46. The molecule has 1 amide bonds. The zero-order chi connectivity index (χ0) is 22.7. The van der Waals surface area contributed by atoms with Gasteiger partial charge in [0.05, 0.1) is 11.5 Å². The molecule has 1 heterocycles. The molecule has 2 aromatic rings. The third kappa shape index (κ3) is 4.78. The quantitative estimate of drug-likeness (QED) is 0.585. The maximum Gasteiger partial charge on any atom is 0.227 e. The van der Waals surface area contributed by atoms with Crippen molar-refractivity contribution < 1.29 is 4.79 Å². The summed E-state index contributed by atoms with van der Waals surface area (Å²) >= 11 is 0. The first-order valence-electron chi connectivity index (χ1n) is 12.6. The molecule has 2 aromatic carbocycles. The fourth-order valence-electron chi connectivity index (χ4n) is 5.96. The maximum absolute atomic E-state index is 13.6. The number of hydrogen-bond acceptors (Lipinski definition) is 2. The predicted molar refractivity (Wildman–Crippen MR) is 133 cm³/mol. The Balaban J connectivity index is 1.37. The smallest absolute Gasteiger partial charge is 0.227 e. The Morgan fingerprint density at radius 2 is 1.62 bits per heavy atom. The number of amides is 1. The number of carbonyl (C=O) groups excluding carboxylic acids is 1. The summed E-state index contributed by atoms with van der Waals surface area (Å²) in [6.07, 6.45) is 5.59. The van der Waals surface area contributed by atoms with E-state index >= 15 is 0 Å². The Hall–Kier alpha value is -2.13. The SMILES string of the molecule is Cc1ccc(C2CCN(C3CCC(C(=O)N[C@@H](C)c4ccccc4)(C(C)C)C3)CC2)cc1. The molecular weight excluding hydrogens is 392 g/mol. The first-order valence-corrected chi connectivity index (χ1v) is 12.6. The lowest BCUT2D eigenvalue weighted by molar-refractivity contribution is -0.134. The highest BCUT2D eigenvalue weighted by Crippen LogP contribution is 2.47. The van der Waals surface area contributed by atoms with Crippen LogP contribution in [0.2, 0.25) is 0 Å². The highest BCUT2D eigenvalue weighted by Gasteiger charge is 2.49. The summed E-state index contributed by atoms with van der Waals surface area (Å²) < 4.78 is 0. The summed E-state index contributed by atoms with van der Waals surface area (Å²) in [6, 6.07) is 20.0. The minimum atomic E-state index is -0.248. The molecule has 3 heteroatoms. The Bertz CT molecular complexity index is 883.